The summed E-state index contributed by atoms with van der Waals surface area (Å²) >= 11 is 12.3. The maximum absolute atomic E-state index is 11.4. The predicted octanol–water partition coefficient (Wildman–Crippen LogP) is 5.26. The standard InChI is InChI=1S/C30H31Cl2N3O6/c1-2-39-29(37)33-16-21(36)17-40-22-8-3-18(4-9-22)28-27-24(25-15-20(32)7-12-26(25)34-27)13-14-35(28)30(38)41-23-10-5-19(31)6-11-23/h3-12,15,21,28,30,34,36,38H,2,13-14,16-17H2,1H3,(H,33,37). The minimum atomic E-state index is -1.23. The molecule has 0 bridgehead atoms. The van der Waals surface area contributed by atoms with Gasteiger partial charge in [-0.1, -0.05) is 35.3 Å². The second-order valence-electron chi connectivity index (χ2n) is 9.63. The fraction of sp³-hybridized carbons (Fsp3) is 0.300. The van der Waals surface area contributed by atoms with Crippen LogP contribution in [0.1, 0.15) is 29.8 Å². The number of aromatic nitrogens is 1. The number of halogens is 2. The number of H-pyrrole nitrogens is 1. The Morgan fingerprint density at radius 3 is 2.49 bits per heavy atom. The SMILES string of the molecule is CCOC(=O)NCC(O)COc1ccc(C2c3[nH]c4ccc(Cl)cc4c3CCN2C(O)Oc2ccc(Cl)cc2)cc1. The summed E-state index contributed by atoms with van der Waals surface area (Å²) in [6, 6.07) is 19.7. The third-order valence-corrected chi connectivity index (χ3v) is 7.35. The highest BCUT2D eigenvalue weighted by Crippen LogP contribution is 2.40. The highest BCUT2D eigenvalue weighted by molar-refractivity contribution is 6.31. The molecule has 0 radical (unpaired) electrons. The Balaban J connectivity index is 1.37. The van der Waals surface area contributed by atoms with Crippen molar-refractivity contribution in [1.29, 1.82) is 0 Å². The highest BCUT2D eigenvalue weighted by atomic mass is 35.5. The first-order valence-corrected chi connectivity index (χ1v) is 14.1. The predicted molar refractivity (Wildman–Crippen MR) is 157 cm³/mol. The highest BCUT2D eigenvalue weighted by Gasteiger charge is 2.36. The second-order valence-corrected chi connectivity index (χ2v) is 10.5. The van der Waals surface area contributed by atoms with Gasteiger partial charge in [0.05, 0.1) is 19.2 Å². The Hall–Kier alpha value is -3.47. The molecule has 5 rings (SSSR count). The molecule has 1 aliphatic heterocycles. The van der Waals surface area contributed by atoms with E-state index in [9.17, 15) is 15.0 Å². The molecule has 11 heteroatoms. The summed E-state index contributed by atoms with van der Waals surface area (Å²) in [6.07, 6.45) is -2.04. The number of aliphatic hydroxyl groups excluding tert-OH is 2. The van der Waals surface area contributed by atoms with Gasteiger partial charge in [0, 0.05) is 33.2 Å². The number of fused-ring (bicyclic) bond motifs is 3. The summed E-state index contributed by atoms with van der Waals surface area (Å²) in [5.74, 6) is 1.04. The molecule has 216 valence electrons. The zero-order chi connectivity index (χ0) is 28.9. The Bertz CT molecular complexity index is 1480. The largest absolute Gasteiger partial charge is 0.491 e. The van der Waals surface area contributed by atoms with Crippen LogP contribution in [-0.2, 0) is 11.2 Å². The Kier molecular flexibility index (Phi) is 9.22. The van der Waals surface area contributed by atoms with Gasteiger partial charge in [-0.05, 0) is 79.1 Å². The van der Waals surface area contributed by atoms with Crippen LogP contribution < -0.4 is 14.8 Å². The van der Waals surface area contributed by atoms with E-state index in [2.05, 4.69) is 10.3 Å². The molecule has 2 heterocycles. The van der Waals surface area contributed by atoms with Crippen molar-refractivity contribution in [1.82, 2.24) is 15.2 Å². The van der Waals surface area contributed by atoms with Crippen LogP contribution in [0.4, 0.5) is 4.79 Å². The first-order valence-electron chi connectivity index (χ1n) is 13.3. The molecule has 0 spiro atoms. The van der Waals surface area contributed by atoms with E-state index in [1.807, 2.05) is 35.2 Å². The van der Waals surface area contributed by atoms with Crippen molar-refractivity contribution in [3.05, 3.63) is 93.6 Å². The number of hydrogen-bond acceptors (Lipinski definition) is 7. The first-order chi connectivity index (χ1) is 19.8. The topological polar surface area (TPSA) is 116 Å². The smallest absolute Gasteiger partial charge is 0.407 e. The molecule has 3 aromatic carbocycles. The number of aromatic amines is 1. The minimum Gasteiger partial charge on any atom is -0.491 e. The molecule has 1 amide bonds. The van der Waals surface area contributed by atoms with Crippen LogP contribution >= 0.6 is 23.2 Å². The maximum Gasteiger partial charge on any atom is 0.407 e. The number of ether oxygens (including phenoxy) is 3. The van der Waals surface area contributed by atoms with Gasteiger partial charge < -0.3 is 34.7 Å². The lowest BCUT2D eigenvalue weighted by Gasteiger charge is -2.38. The summed E-state index contributed by atoms with van der Waals surface area (Å²) in [5, 5.41) is 26.2. The van der Waals surface area contributed by atoms with Gasteiger partial charge in [0.15, 0.2) is 0 Å². The number of benzene rings is 3. The average Bonchev–Trinajstić information content (AvgIpc) is 3.34. The van der Waals surface area contributed by atoms with Gasteiger partial charge in [-0.2, -0.15) is 0 Å². The third-order valence-electron chi connectivity index (χ3n) is 6.86. The van der Waals surface area contributed by atoms with Crippen molar-refractivity contribution in [3.63, 3.8) is 0 Å². The third kappa shape index (κ3) is 6.89. The number of carbonyl (C=O) groups excluding carboxylic acids is 1. The number of rotatable bonds is 10. The molecule has 3 unspecified atom stereocenters. The van der Waals surface area contributed by atoms with Crippen molar-refractivity contribution in [2.24, 2.45) is 0 Å². The number of hydrogen-bond donors (Lipinski definition) is 4. The maximum atomic E-state index is 11.4. The minimum absolute atomic E-state index is 0.00658. The van der Waals surface area contributed by atoms with E-state index in [0.29, 0.717) is 34.5 Å². The van der Waals surface area contributed by atoms with E-state index >= 15 is 0 Å². The molecule has 0 aliphatic carbocycles. The first kappa shape index (κ1) is 29.0. The van der Waals surface area contributed by atoms with Gasteiger partial charge in [0.2, 0.25) is 0 Å². The molecule has 1 aromatic heterocycles. The summed E-state index contributed by atoms with van der Waals surface area (Å²) in [6.45, 7) is 2.48. The molecule has 4 aromatic rings. The monoisotopic (exact) mass is 599 g/mol. The fourth-order valence-electron chi connectivity index (χ4n) is 4.96. The number of carbonyl (C=O) groups is 1. The molecule has 3 atom stereocenters. The summed E-state index contributed by atoms with van der Waals surface area (Å²) in [7, 11) is 0. The normalized spacial score (nSPS) is 16.6. The molecule has 9 nitrogen and oxygen atoms in total. The molecular weight excluding hydrogens is 569 g/mol. The van der Waals surface area contributed by atoms with E-state index in [0.717, 1.165) is 27.7 Å². The van der Waals surface area contributed by atoms with Crippen LogP contribution in [0.3, 0.4) is 0 Å². The summed E-state index contributed by atoms with van der Waals surface area (Å²) in [4.78, 5) is 16.9. The lowest BCUT2D eigenvalue weighted by molar-refractivity contribution is -0.150. The molecule has 0 saturated carbocycles. The van der Waals surface area contributed by atoms with Crippen LogP contribution in [0.25, 0.3) is 10.9 Å². The fourth-order valence-corrected chi connectivity index (χ4v) is 5.26. The Labute approximate surface area is 247 Å². The van der Waals surface area contributed by atoms with Crippen LogP contribution in [0.2, 0.25) is 10.0 Å². The molecular formula is C30H31Cl2N3O6. The number of amides is 1. The zero-order valence-electron chi connectivity index (χ0n) is 22.3. The second kappa shape index (κ2) is 13.0. The molecule has 4 N–H and O–H groups in total. The molecule has 41 heavy (non-hydrogen) atoms. The Morgan fingerprint density at radius 1 is 1.05 bits per heavy atom. The van der Waals surface area contributed by atoms with Gasteiger partial charge in [-0.25, -0.2) is 9.69 Å². The van der Waals surface area contributed by atoms with E-state index in [-0.39, 0.29) is 25.8 Å². The molecule has 0 fully saturated rings. The number of nitrogens with one attached hydrogen (secondary N) is 2. The molecule has 0 saturated heterocycles. The molecule has 1 aliphatic rings. The van der Waals surface area contributed by atoms with Crippen molar-refractivity contribution in [2.45, 2.75) is 31.9 Å². The van der Waals surface area contributed by atoms with Crippen molar-refractivity contribution in [3.8, 4) is 11.5 Å². The van der Waals surface area contributed by atoms with Crippen LogP contribution in [0, 0.1) is 0 Å². The number of alkyl carbamates (subject to hydrolysis) is 1. The lowest BCUT2D eigenvalue weighted by atomic mass is 9.92. The van der Waals surface area contributed by atoms with Gasteiger partial charge in [0.1, 0.15) is 24.2 Å². The van der Waals surface area contributed by atoms with E-state index in [1.54, 1.807) is 43.3 Å². The summed E-state index contributed by atoms with van der Waals surface area (Å²) in [5.41, 5.74) is 3.95. The van der Waals surface area contributed by atoms with Crippen LogP contribution in [0.15, 0.2) is 66.7 Å². The van der Waals surface area contributed by atoms with Gasteiger partial charge in [-0.3, -0.25) is 0 Å². The van der Waals surface area contributed by atoms with Gasteiger partial charge in [-0.15, -0.1) is 0 Å². The Morgan fingerprint density at radius 2 is 1.76 bits per heavy atom. The van der Waals surface area contributed by atoms with E-state index in [1.165, 1.54) is 0 Å². The van der Waals surface area contributed by atoms with Crippen molar-refractivity contribution in [2.75, 3.05) is 26.3 Å². The average molecular weight is 600 g/mol. The van der Waals surface area contributed by atoms with E-state index < -0.39 is 18.6 Å². The van der Waals surface area contributed by atoms with Crippen molar-refractivity contribution >= 4 is 40.2 Å². The number of aliphatic hydroxyl groups is 2. The summed E-state index contributed by atoms with van der Waals surface area (Å²) < 4.78 is 16.4. The van der Waals surface area contributed by atoms with Crippen molar-refractivity contribution < 1.29 is 29.2 Å². The van der Waals surface area contributed by atoms with Gasteiger partial charge >= 0.3 is 6.09 Å². The zero-order valence-corrected chi connectivity index (χ0v) is 23.9. The quantitative estimate of drug-likeness (QED) is 0.184. The van der Waals surface area contributed by atoms with E-state index in [4.69, 9.17) is 37.4 Å². The van der Waals surface area contributed by atoms with Gasteiger partial charge in [0.25, 0.3) is 6.41 Å². The lowest BCUT2D eigenvalue weighted by Crippen LogP contribution is -2.46. The van der Waals surface area contributed by atoms with Crippen LogP contribution in [-0.4, -0.2) is 65.0 Å². The number of nitrogens with zero attached hydrogens (tertiary/aromatic N) is 1. The van der Waals surface area contributed by atoms with Crippen LogP contribution in [0.5, 0.6) is 11.5 Å².